The smallest absolute Gasteiger partial charge is 0.101 e. The van der Waals surface area contributed by atoms with Gasteiger partial charge in [0.25, 0.3) is 0 Å². The SMILES string of the molecule is CC(C)(C#N)NC(C)(C)C1CCCC1. The lowest BCUT2D eigenvalue weighted by Gasteiger charge is -2.38. The number of hydrogen-bond donors (Lipinski definition) is 1. The van der Waals surface area contributed by atoms with Gasteiger partial charge in [-0.15, -0.1) is 0 Å². The highest BCUT2D eigenvalue weighted by Gasteiger charge is 2.35. The Balaban J connectivity index is 2.61. The van der Waals surface area contributed by atoms with E-state index in [1.54, 1.807) is 0 Å². The summed E-state index contributed by atoms with van der Waals surface area (Å²) in [5.41, 5.74) is -0.318. The van der Waals surface area contributed by atoms with Crippen LogP contribution in [0.1, 0.15) is 53.4 Å². The highest BCUT2D eigenvalue weighted by molar-refractivity contribution is 5.05. The van der Waals surface area contributed by atoms with Gasteiger partial charge in [-0.05, 0) is 46.5 Å². The standard InChI is InChI=1S/C12H22N2/c1-11(2,9-13)14-12(3,4)10-7-5-6-8-10/h10,14H,5-8H2,1-4H3. The van der Waals surface area contributed by atoms with Gasteiger partial charge in [0.1, 0.15) is 5.54 Å². The van der Waals surface area contributed by atoms with Crippen LogP contribution >= 0.6 is 0 Å². The minimum Gasteiger partial charge on any atom is -0.295 e. The monoisotopic (exact) mass is 194 g/mol. The number of hydrogen-bond acceptors (Lipinski definition) is 2. The van der Waals surface area contributed by atoms with Gasteiger partial charge in [-0.2, -0.15) is 5.26 Å². The van der Waals surface area contributed by atoms with Gasteiger partial charge >= 0.3 is 0 Å². The van der Waals surface area contributed by atoms with Gasteiger partial charge in [-0.1, -0.05) is 12.8 Å². The predicted octanol–water partition coefficient (Wildman–Crippen LogP) is 2.85. The van der Waals surface area contributed by atoms with Crippen molar-refractivity contribution >= 4 is 0 Å². The van der Waals surface area contributed by atoms with Gasteiger partial charge in [-0.25, -0.2) is 0 Å². The van der Waals surface area contributed by atoms with Crippen LogP contribution < -0.4 is 5.32 Å². The predicted molar refractivity (Wildman–Crippen MR) is 58.9 cm³/mol. The molecule has 0 spiro atoms. The lowest BCUT2D eigenvalue weighted by Crippen LogP contribution is -2.54. The molecule has 80 valence electrons. The Morgan fingerprint density at radius 1 is 1.14 bits per heavy atom. The van der Waals surface area contributed by atoms with Crippen LogP contribution in [-0.4, -0.2) is 11.1 Å². The first-order chi connectivity index (χ1) is 6.37. The fourth-order valence-electron chi connectivity index (χ4n) is 2.58. The molecule has 1 aliphatic carbocycles. The summed E-state index contributed by atoms with van der Waals surface area (Å²) >= 11 is 0. The molecule has 2 nitrogen and oxygen atoms in total. The summed E-state index contributed by atoms with van der Waals surface area (Å²) in [5.74, 6) is 0.732. The van der Waals surface area contributed by atoms with Crippen molar-refractivity contribution in [2.75, 3.05) is 0 Å². The van der Waals surface area contributed by atoms with Crippen molar-refractivity contribution in [3.63, 3.8) is 0 Å². The second kappa shape index (κ2) is 3.90. The molecule has 0 atom stereocenters. The van der Waals surface area contributed by atoms with Crippen molar-refractivity contribution < 1.29 is 0 Å². The van der Waals surface area contributed by atoms with Crippen molar-refractivity contribution in [2.45, 2.75) is 64.5 Å². The molecule has 0 amide bonds. The van der Waals surface area contributed by atoms with E-state index >= 15 is 0 Å². The molecule has 0 unspecified atom stereocenters. The van der Waals surface area contributed by atoms with E-state index in [1.807, 2.05) is 13.8 Å². The van der Waals surface area contributed by atoms with Crippen LogP contribution in [-0.2, 0) is 0 Å². The van der Waals surface area contributed by atoms with Crippen LogP contribution in [0.5, 0.6) is 0 Å². The molecule has 0 heterocycles. The van der Waals surface area contributed by atoms with E-state index in [4.69, 9.17) is 5.26 Å². The maximum Gasteiger partial charge on any atom is 0.101 e. The van der Waals surface area contributed by atoms with Crippen LogP contribution in [0, 0.1) is 17.2 Å². The van der Waals surface area contributed by atoms with Gasteiger partial charge < -0.3 is 0 Å². The summed E-state index contributed by atoms with van der Waals surface area (Å²) in [4.78, 5) is 0. The Labute approximate surface area is 87.7 Å². The third kappa shape index (κ3) is 2.72. The molecule has 0 aromatic carbocycles. The van der Waals surface area contributed by atoms with Crippen LogP contribution in [0.4, 0.5) is 0 Å². The Hall–Kier alpha value is -0.550. The molecule has 14 heavy (non-hydrogen) atoms. The normalized spacial score (nSPS) is 19.6. The molecule has 1 N–H and O–H groups in total. The van der Waals surface area contributed by atoms with Gasteiger partial charge in [-0.3, -0.25) is 5.32 Å². The van der Waals surface area contributed by atoms with Crippen LogP contribution in [0.2, 0.25) is 0 Å². The van der Waals surface area contributed by atoms with Crippen molar-refractivity contribution in [3.8, 4) is 6.07 Å². The Morgan fingerprint density at radius 2 is 1.64 bits per heavy atom. The number of nitrogens with zero attached hydrogens (tertiary/aromatic N) is 1. The molecule has 1 aliphatic rings. The van der Waals surface area contributed by atoms with E-state index in [-0.39, 0.29) is 5.54 Å². The molecular weight excluding hydrogens is 172 g/mol. The Morgan fingerprint density at radius 3 is 2.07 bits per heavy atom. The third-order valence-electron chi connectivity index (χ3n) is 3.29. The van der Waals surface area contributed by atoms with Crippen LogP contribution in [0.25, 0.3) is 0 Å². The first-order valence-corrected chi connectivity index (χ1v) is 5.58. The second-order valence-electron chi connectivity index (χ2n) is 5.56. The molecule has 0 radical (unpaired) electrons. The molecule has 0 aliphatic heterocycles. The third-order valence-corrected chi connectivity index (χ3v) is 3.29. The van der Waals surface area contributed by atoms with E-state index < -0.39 is 5.54 Å². The molecule has 1 fully saturated rings. The molecule has 0 bridgehead atoms. The molecule has 1 saturated carbocycles. The fourth-order valence-corrected chi connectivity index (χ4v) is 2.58. The summed E-state index contributed by atoms with van der Waals surface area (Å²) in [7, 11) is 0. The average molecular weight is 194 g/mol. The first-order valence-electron chi connectivity index (χ1n) is 5.58. The van der Waals surface area contributed by atoms with E-state index in [0.717, 1.165) is 5.92 Å². The minimum atomic E-state index is -0.411. The summed E-state index contributed by atoms with van der Waals surface area (Å²) in [6, 6.07) is 2.31. The number of nitriles is 1. The molecule has 0 aromatic rings. The number of rotatable bonds is 3. The van der Waals surface area contributed by atoms with Gasteiger partial charge in [0.2, 0.25) is 0 Å². The van der Waals surface area contributed by atoms with Crippen molar-refractivity contribution in [1.82, 2.24) is 5.32 Å². The number of nitrogens with one attached hydrogen (secondary N) is 1. The summed E-state index contributed by atoms with van der Waals surface area (Å²) < 4.78 is 0. The minimum absolute atomic E-state index is 0.0930. The fraction of sp³-hybridized carbons (Fsp3) is 0.917. The summed E-state index contributed by atoms with van der Waals surface area (Å²) in [5, 5.41) is 12.5. The quantitative estimate of drug-likeness (QED) is 0.750. The molecular formula is C12H22N2. The van der Waals surface area contributed by atoms with Crippen molar-refractivity contribution in [2.24, 2.45) is 5.92 Å². The zero-order chi connectivity index (χ0) is 10.8. The molecule has 0 saturated heterocycles. The van der Waals surface area contributed by atoms with Crippen molar-refractivity contribution in [1.29, 1.82) is 5.26 Å². The summed E-state index contributed by atoms with van der Waals surface area (Å²) in [6.45, 7) is 8.34. The largest absolute Gasteiger partial charge is 0.295 e. The van der Waals surface area contributed by atoms with Crippen LogP contribution in [0.15, 0.2) is 0 Å². The second-order valence-corrected chi connectivity index (χ2v) is 5.56. The highest BCUT2D eigenvalue weighted by Crippen LogP contribution is 2.34. The maximum absolute atomic E-state index is 8.99. The van der Waals surface area contributed by atoms with E-state index in [9.17, 15) is 0 Å². The average Bonchev–Trinajstić information content (AvgIpc) is 2.54. The van der Waals surface area contributed by atoms with E-state index in [0.29, 0.717) is 0 Å². The molecule has 2 heteroatoms. The van der Waals surface area contributed by atoms with E-state index in [1.165, 1.54) is 25.7 Å². The zero-order valence-electron chi connectivity index (χ0n) is 9.85. The van der Waals surface area contributed by atoms with Crippen LogP contribution in [0.3, 0.4) is 0 Å². The molecule has 0 aromatic heterocycles. The first kappa shape index (κ1) is 11.5. The van der Waals surface area contributed by atoms with Gasteiger partial charge in [0, 0.05) is 5.54 Å². The highest BCUT2D eigenvalue weighted by atomic mass is 15.0. The Kier molecular flexibility index (Phi) is 3.21. The topological polar surface area (TPSA) is 35.8 Å². The van der Waals surface area contributed by atoms with Gasteiger partial charge in [0.15, 0.2) is 0 Å². The zero-order valence-corrected chi connectivity index (χ0v) is 9.85. The lowest BCUT2D eigenvalue weighted by atomic mass is 9.84. The summed E-state index contributed by atoms with van der Waals surface area (Å²) in [6.07, 6.45) is 5.31. The maximum atomic E-state index is 8.99. The van der Waals surface area contributed by atoms with Crippen molar-refractivity contribution in [3.05, 3.63) is 0 Å². The lowest BCUT2D eigenvalue weighted by molar-refractivity contribution is 0.215. The van der Waals surface area contributed by atoms with Gasteiger partial charge in [0.05, 0.1) is 6.07 Å². The molecule has 1 rings (SSSR count). The van der Waals surface area contributed by atoms with E-state index in [2.05, 4.69) is 25.2 Å². The Bertz CT molecular complexity index is 229.